The Morgan fingerprint density at radius 2 is 1.88 bits per heavy atom. The van der Waals surface area contributed by atoms with Crippen molar-refractivity contribution in [3.05, 3.63) is 64.4 Å². The number of amides is 1. The van der Waals surface area contributed by atoms with Gasteiger partial charge in [0.05, 0.1) is 0 Å². The average Bonchev–Trinajstić information content (AvgIpc) is 2.94. The van der Waals surface area contributed by atoms with Gasteiger partial charge in [0.25, 0.3) is 0 Å². The fraction of sp³-hybridized carbons (Fsp3) is 0.211. The number of aromatic amines is 1. The van der Waals surface area contributed by atoms with Crippen molar-refractivity contribution in [3.63, 3.8) is 0 Å². The summed E-state index contributed by atoms with van der Waals surface area (Å²) < 4.78 is 2.37. The van der Waals surface area contributed by atoms with E-state index in [2.05, 4.69) is 15.5 Å². The molecule has 5 nitrogen and oxygen atoms in total. The highest BCUT2D eigenvalue weighted by molar-refractivity contribution is 7.71. The van der Waals surface area contributed by atoms with Crippen LogP contribution < -0.4 is 5.32 Å². The van der Waals surface area contributed by atoms with Gasteiger partial charge >= 0.3 is 0 Å². The van der Waals surface area contributed by atoms with E-state index in [9.17, 15) is 4.79 Å². The van der Waals surface area contributed by atoms with E-state index in [0.717, 1.165) is 28.2 Å². The molecule has 3 aromatic rings. The van der Waals surface area contributed by atoms with E-state index < -0.39 is 0 Å². The maximum Gasteiger partial charge on any atom is 0.226 e. The average molecular weight is 352 g/mol. The molecule has 0 aliphatic heterocycles. The maximum atomic E-state index is 12.2. The van der Waals surface area contributed by atoms with Crippen molar-refractivity contribution >= 4 is 23.8 Å². The van der Waals surface area contributed by atoms with E-state index in [4.69, 9.17) is 12.2 Å². The van der Waals surface area contributed by atoms with E-state index in [1.54, 1.807) is 0 Å². The lowest BCUT2D eigenvalue weighted by Crippen LogP contribution is -2.15. The molecule has 0 saturated carbocycles. The third-order valence-corrected chi connectivity index (χ3v) is 4.21. The summed E-state index contributed by atoms with van der Waals surface area (Å²) in [6.45, 7) is 4.50. The minimum atomic E-state index is -0.0520. The number of nitrogens with zero attached hydrogens (tertiary/aromatic N) is 2. The summed E-state index contributed by atoms with van der Waals surface area (Å²) in [7, 11) is 0. The number of hydrogen-bond acceptors (Lipinski definition) is 3. The number of aryl methyl sites for hydroxylation is 2. The molecule has 0 aliphatic rings. The zero-order valence-electron chi connectivity index (χ0n) is 14.2. The second kappa shape index (κ2) is 7.44. The first-order chi connectivity index (χ1) is 12.0. The molecule has 25 heavy (non-hydrogen) atoms. The molecule has 3 rings (SSSR count). The van der Waals surface area contributed by atoms with E-state index in [1.165, 1.54) is 0 Å². The van der Waals surface area contributed by atoms with Crippen LogP contribution in [0.25, 0.3) is 11.4 Å². The fourth-order valence-corrected chi connectivity index (χ4v) is 2.91. The summed E-state index contributed by atoms with van der Waals surface area (Å²) in [6.07, 6.45) is 0.320. The predicted octanol–water partition coefficient (Wildman–Crippen LogP) is 4.25. The normalized spacial score (nSPS) is 10.6. The molecule has 0 fully saturated rings. The highest BCUT2D eigenvalue weighted by Gasteiger charge is 2.11. The molecule has 1 amide bonds. The second-order valence-electron chi connectivity index (χ2n) is 6.04. The van der Waals surface area contributed by atoms with E-state index in [0.29, 0.717) is 17.7 Å². The summed E-state index contributed by atoms with van der Waals surface area (Å²) in [6, 6.07) is 15.8. The van der Waals surface area contributed by atoms with Crippen molar-refractivity contribution in [2.75, 3.05) is 5.32 Å². The molecule has 2 N–H and O–H groups in total. The summed E-state index contributed by atoms with van der Waals surface area (Å²) in [5.74, 6) is 0.695. The molecule has 128 valence electrons. The van der Waals surface area contributed by atoms with Gasteiger partial charge in [-0.1, -0.05) is 35.9 Å². The molecule has 0 bridgehead atoms. The SMILES string of the molecule is Cc1cccc(NC(=O)CCn2c(-c3cccc(C)c3)n[nH]c2=S)c1. The van der Waals surface area contributed by atoms with Gasteiger partial charge in [0.15, 0.2) is 10.6 Å². The summed E-state index contributed by atoms with van der Waals surface area (Å²) in [5, 5.41) is 10.1. The number of hydrogen-bond donors (Lipinski definition) is 2. The van der Waals surface area contributed by atoms with Crippen molar-refractivity contribution in [1.82, 2.24) is 14.8 Å². The van der Waals surface area contributed by atoms with Crippen molar-refractivity contribution in [1.29, 1.82) is 0 Å². The van der Waals surface area contributed by atoms with Gasteiger partial charge in [0.2, 0.25) is 5.91 Å². The molecule has 0 atom stereocenters. The topological polar surface area (TPSA) is 62.7 Å². The zero-order valence-corrected chi connectivity index (χ0v) is 15.1. The molecule has 0 unspecified atom stereocenters. The van der Waals surface area contributed by atoms with E-state index >= 15 is 0 Å². The third-order valence-electron chi connectivity index (χ3n) is 3.90. The lowest BCUT2D eigenvalue weighted by atomic mass is 10.1. The highest BCUT2D eigenvalue weighted by atomic mass is 32.1. The van der Waals surface area contributed by atoms with Gasteiger partial charge in [0.1, 0.15) is 0 Å². The Morgan fingerprint density at radius 3 is 2.60 bits per heavy atom. The smallest absolute Gasteiger partial charge is 0.226 e. The number of nitrogens with one attached hydrogen (secondary N) is 2. The van der Waals surface area contributed by atoms with Crippen LogP contribution in [-0.4, -0.2) is 20.7 Å². The molecule has 0 aliphatic carbocycles. The van der Waals surface area contributed by atoms with Gasteiger partial charge in [0, 0.05) is 24.2 Å². The van der Waals surface area contributed by atoms with Crippen LogP contribution in [0, 0.1) is 18.6 Å². The van der Waals surface area contributed by atoms with Gasteiger partial charge in [-0.15, -0.1) is 0 Å². The molecule has 2 aromatic carbocycles. The number of carbonyl (C=O) groups is 1. The molecule has 1 heterocycles. The van der Waals surface area contributed by atoms with Crippen LogP contribution in [0.1, 0.15) is 17.5 Å². The third kappa shape index (κ3) is 4.22. The van der Waals surface area contributed by atoms with Crippen LogP contribution >= 0.6 is 12.2 Å². The minimum Gasteiger partial charge on any atom is -0.326 e. The summed E-state index contributed by atoms with van der Waals surface area (Å²) >= 11 is 5.32. The zero-order chi connectivity index (χ0) is 17.8. The van der Waals surface area contributed by atoms with Crippen molar-refractivity contribution in [2.24, 2.45) is 0 Å². The van der Waals surface area contributed by atoms with Gasteiger partial charge in [-0.3, -0.25) is 14.5 Å². The molecule has 1 aromatic heterocycles. The lowest BCUT2D eigenvalue weighted by Gasteiger charge is -2.09. The van der Waals surface area contributed by atoms with Gasteiger partial charge in [-0.25, -0.2) is 0 Å². The first-order valence-corrected chi connectivity index (χ1v) is 8.52. The largest absolute Gasteiger partial charge is 0.326 e. The first kappa shape index (κ1) is 17.1. The Bertz CT molecular complexity index is 958. The van der Waals surface area contributed by atoms with Crippen LogP contribution in [0.3, 0.4) is 0 Å². The summed E-state index contributed by atoms with van der Waals surface area (Å²) in [4.78, 5) is 12.2. The molecule has 0 spiro atoms. The van der Waals surface area contributed by atoms with Gasteiger partial charge in [-0.2, -0.15) is 5.10 Å². The van der Waals surface area contributed by atoms with Crippen LogP contribution in [0.5, 0.6) is 0 Å². The fourth-order valence-electron chi connectivity index (χ4n) is 2.69. The number of anilines is 1. The monoisotopic (exact) mass is 352 g/mol. The number of H-pyrrole nitrogens is 1. The first-order valence-electron chi connectivity index (χ1n) is 8.12. The number of rotatable bonds is 5. The predicted molar refractivity (Wildman–Crippen MR) is 102 cm³/mol. The van der Waals surface area contributed by atoms with Crippen molar-refractivity contribution < 1.29 is 4.79 Å². The molecule has 6 heteroatoms. The van der Waals surface area contributed by atoms with E-state index in [-0.39, 0.29) is 5.91 Å². The van der Waals surface area contributed by atoms with Gasteiger partial charge < -0.3 is 5.32 Å². The molecule has 0 saturated heterocycles. The number of aromatic nitrogens is 3. The Labute approximate surface area is 151 Å². The van der Waals surface area contributed by atoms with E-state index in [1.807, 2.05) is 66.9 Å². The van der Waals surface area contributed by atoms with Crippen LogP contribution in [0.4, 0.5) is 5.69 Å². The number of carbonyl (C=O) groups excluding carboxylic acids is 1. The molecule has 0 radical (unpaired) electrons. The van der Waals surface area contributed by atoms with Gasteiger partial charge in [-0.05, 0) is 49.8 Å². The van der Waals surface area contributed by atoms with Crippen LogP contribution in [0.15, 0.2) is 48.5 Å². The Kier molecular flexibility index (Phi) is 5.09. The minimum absolute atomic E-state index is 0.0520. The second-order valence-corrected chi connectivity index (χ2v) is 6.43. The van der Waals surface area contributed by atoms with Crippen LogP contribution in [-0.2, 0) is 11.3 Å². The van der Waals surface area contributed by atoms with Crippen molar-refractivity contribution in [3.8, 4) is 11.4 Å². The number of benzene rings is 2. The quantitative estimate of drug-likeness (QED) is 0.675. The Hall–Kier alpha value is -2.73. The lowest BCUT2D eigenvalue weighted by molar-refractivity contribution is -0.116. The highest BCUT2D eigenvalue weighted by Crippen LogP contribution is 2.19. The molecular weight excluding hydrogens is 332 g/mol. The molecular formula is C19H20N4OS. The maximum absolute atomic E-state index is 12.2. The standard InChI is InChI=1S/C19H20N4OS/c1-13-5-3-7-15(11-13)18-21-22-19(25)23(18)10-9-17(24)20-16-8-4-6-14(2)12-16/h3-8,11-12H,9-10H2,1-2H3,(H,20,24)(H,22,25). The summed E-state index contributed by atoms with van der Waals surface area (Å²) in [5.41, 5.74) is 4.04. The Balaban J connectivity index is 1.72. The Morgan fingerprint density at radius 1 is 1.16 bits per heavy atom. The van der Waals surface area contributed by atoms with Crippen LogP contribution in [0.2, 0.25) is 0 Å². The van der Waals surface area contributed by atoms with Crippen molar-refractivity contribution in [2.45, 2.75) is 26.8 Å².